The highest BCUT2D eigenvalue weighted by molar-refractivity contribution is 5.33. The molecule has 0 saturated carbocycles. The highest BCUT2D eigenvalue weighted by Gasteiger charge is 2.32. The molecule has 2 aromatic rings. The van der Waals surface area contributed by atoms with E-state index in [1.54, 1.807) is 6.07 Å². The van der Waals surface area contributed by atoms with Crippen LogP contribution in [-0.2, 0) is 12.5 Å². The molecule has 0 N–H and O–H groups in total. The number of aromatic nitrogens is 1. The first kappa shape index (κ1) is 18.0. The molecule has 1 unspecified atom stereocenters. The van der Waals surface area contributed by atoms with Crippen molar-refractivity contribution < 1.29 is 12.9 Å². The highest BCUT2D eigenvalue weighted by Crippen LogP contribution is 2.33. The maximum absolute atomic E-state index is 14.3. The van der Waals surface area contributed by atoms with E-state index < -0.39 is 18.5 Å². The molecule has 0 aliphatic carbocycles. The fourth-order valence-corrected chi connectivity index (χ4v) is 4.23. The number of halogens is 2. The highest BCUT2D eigenvalue weighted by atomic mass is 19.3. The molecule has 1 saturated heterocycles. The van der Waals surface area contributed by atoms with E-state index in [0.717, 1.165) is 19.6 Å². The minimum Gasteiger partial charge on any atom is -0.296 e. The van der Waals surface area contributed by atoms with Gasteiger partial charge in [0.05, 0.1) is 0 Å². The fraction of sp³-hybridized carbons (Fsp3) is 0.542. The van der Waals surface area contributed by atoms with Gasteiger partial charge in [0.1, 0.15) is 5.69 Å². The number of hydrogen-bond acceptors (Lipinski definition) is 3. The van der Waals surface area contributed by atoms with Crippen molar-refractivity contribution in [1.82, 2.24) is 14.8 Å². The number of pyridine rings is 1. The van der Waals surface area contributed by atoms with Crippen molar-refractivity contribution in [2.75, 3.05) is 19.6 Å². The molecule has 1 aliphatic rings. The van der Waals surface area contributed by atoms with E-state index in [-0.39, 0.29) is 6.04 Å². The minimum absolute atomic E-state index is 0.201. The molecule has 1 fully saturated rings. The normalized spacial score (nSPS) is 21.2. The Kier molecular flexibility index (Phi) is 5.50. The summed E-state index contributed by atoms with van der Waals surface area (Å²) in [6.07, 6.45) is 1.28. The Morgan fingerprint density at radius 2 is 1.93 bits per heavy atom. The number of piperazine rings is 1. The van der Waals surface area contributed by atoms with Gasteiger partial charge in [0, 0.05) is 55.4 Å². The molecule has 1 atom stereocenters. The summed E-state index contributed by atoms with van der Waals surface area (Å²) >= 11 is 0. The second-order valence-electron chi connectivity index (χ2n) is 8.49. The summed E-state index contributed by atoms with van der Waals surface area (Å²) in [5.74, 6) is -3.57. The summed E-state index contributed by atoms with van der Waals surface area (Å²) in [6.45, 7) is 8.30. The predicted molar refractivity (Wildman–Crippen MR) is 114 cm³/mol. The molecular formula is C24H33F2N3. The molecule has 158 valence electrons. The Morgan fingerprint density at radius 3 is 2.62 bits per heavy atom. The summed E-state index contributed by atoms with van der Waals surface area (Å²) in [7, 11) is 0. The van der Waals surface area contributed by atoms with Gasteiger partial charge in [-0.25, -0.2) is 0 Å². The molecule has 0 bridgehead atoms. The van der Waals surface area contributed by atoms with Crippen molar-refractivity contribution in [3.8, 4) is 0 Å². The zero-order valence-electron chi connectivity index (χ0n) is 20.7. The number of benzene rings is 1. The third-order valence-corrected chi connectivity index (χ3v) is 5.70. The summed E-state index contributed by atoms with van der Waals surface area (Å²) in [4.78, 5) is 8.42. The van der Waals surface area contributed by atoms with Crippen LogP contribution in [-0.4, -0.2) is 40.5 Å². The lowest BCUT2D eigenvalue weighted by Gasteiger charge is -2.44. The van der Waals surface area contributed by atoms with Gasteiger partial charge in [-0.05, 0) is 48.6 Å². The van der Waals surface area contributed by atoms with Crippen LogP contribution < -0.4 is 0 Å². The van der Waals surface area contributed by atoms with E-state index in [4.69, 9.17) is 4.11 Å². The van der Waals surface area contributed by atoms with Crippen LogP contribution in [0.15, 0.2) is 42.6 Å². The van der Waals surface area contributed by atoms with Crippen molar-refractivity contribution in [2.45, 2.75) is 65.0 Å². The summed E-state index contributed by atoms with van der Waals surface area (Å²) in [5.41, 5.74) is 2.59. The quantitative estimate of drug-likeness (QED) is 0.626. The zero-order valence-corrected chi connectivity index (χ0v) is 17.7. The molecule has 1 aromatic carbocycles. The third-order valence-electron chi connectivity index (χ3n) is 5.70. The van der Waals surface area contributed by atoms with Crippen LogP contribution in [0.25, 0.3) is 0 Å². The molecule has 29 heavy (non-hydrogen) atoms. The van der Waals surface area contributed by atoms with Crippen molar-refractivity contribution in [2.24, 2.45) is 0 Å². The zero-order chi connectivity index (χ0) is 23.7. The van der Waals surface area contributed by atoms with Crippen LogP contribution >= 0.6 is 0 Å². The lowest BCUT2D eigenvalue weighted by molar-refractivity contribution is 0.0124. The summed E-state index contributed by atoms with van der Waals surface area (Å²) < 4.78 is 50.1. The van der Waals surface area contributed by atoms with E-state index in [1.165, 1.54) is 23.4 Å². The second kappa shape index (κ2) is 8.88. The van der Waals surface area contributed by atoms with Crippen molar-refractivity contribution in [3.05, 3.63) is 65.0 Å². The topological polar surface area (TPSA) is 19.4 Å². The number of hydrogen-bond donors (Lipinski definition) is 0. The molecule has 5 heteroatoms. The number of nitrogens with zero attached hydrogens (tertiary/aromatic N) is 3. The van der Waals surface area contributed by atoms with Crippen molar-refractivity contribution >= 4 is 0 Å². The lowest BCUT2D eigenvalue weighted by atomic mass is 9.90. The van der Waals surface area contributed by atoms with E-state index in [2.05, 4.69) is 66.7 Å². The molecule has 0 amide bonds. The van der Waals surface area contributed by atoms with Crippen LogP contribution in [0.4, 0.5) is 8.78 Å². The average Bonchev–Trinajstić information content (AvgIpc) is 2.73. The van der Waals surface area contributed by atoms with Gasteiger partial charge in [-0.1, -0.05) is 38.1 Å². The smallest absolute Gasteiger partial charge is 0.286 e. The van der Waals surface area contributed by atoms with Gasteiger partial charge < -0.3 is 0 Å². The van der Waals surface area contributed by atoms with E-state index in [0.29, 0.717) is 24.1 Å². The summed E-state index contributed by atoms with van der Waals surface area (Å²) in [5, 5.41) is 0. The standard InChI is InChI=1S/C24H33F2N3/c1-17(2)20-8-6-7-9-21(20)22-16-28(12-13-29(22)18(3)4)15-19-10-11-27-23(14-19)24(5,25)26/h6-11,14,17-18,22H,12-13,15-16H2,1-5H3/i5D3. The first-order chi connectivity index (χ1) is 14.9. The fourth-order valence-electron chi connectivity index (χ4n) is 4.23. The first-order valence-electron chi connectivity index (χ1n) is 11.8. The second-order valence-corrected chi connectivity index (χ2v) is 8.49. The molecular weight excluding hydrogens is 368 g/mol. The predicted octanol–water partition coefficient (Wildman–Crippen LogP) is 5.58. The Balaban J connectivity index is 1.85. The molecule has 3 rings (SSSR count). The number of alkyl halides is 2. The van der Waals surface area contributed by atoms with Crippen LogP contribution in [0.1, 0.15) is 73.0 Å². The monoisotopic (exact) mass is 404 g/mol. The first-order valence-corrected chi connectivity index (χ1v) is 10.3. The Labute approximate surface area is 178 Å². The molecule has 2 heterocycles. The van der Waals surface area contributed by atoms with Gasteiger partial charge >= 0.3 is 0 Å². The Hall–Kier alpha value is -1.85. The van der Waals surface area contributed by atoms with E-state index in [1.807, 2.05) is 0 Å². The maximum atomic E-state index is 14.3. The lowest BCUT2D eigenvalue weighted by Crippen LogP contribution is -2.50. The maximum Gasteiger partial charge on any atom is 0.286 e. The average molecular weight is 405 g/mol. The van der Waals surface area contributed by atoms with Crippen molar-refractivity contribution in [1.29, 1.82) is 0 Å². The molecule has 1 aliphatic heterocycles. The van der Waals surface area contributed by atoms with Gasteiger partial charge in [-0.2, -0.15) is 8.78 Å². The Morgan fingerprint density at radius 1 is 1.17 bits per heavy atom. The molecule has 0 radical (unpaired) electrons. The number of rotatable bonds is 6. The SMILES string of the molecule is [2H]C([2H])([2H])C(F)(F)c1cc(CN2CCN(C(C)C)C(c3ccccc3C(C)C)C2)ccn1. The van der Waals surface area contributed by atoms with Crippen LogP contribution in [0.2, 0.25) is 0 Å². The summed E-state index contributed by atoms with van der Waals surface area (Å²) in [6, 6.07) is 12.0. The van der Waals surface area contributed by atoms with Crippen LogP contribution in [0.5, 0.6) is 0 Å². The van der Waals surface area contributed by atoms with Gasteiger partial charge in [0.15, 0.2) is 0 Å². The van der Waals surface area contributed by atoms with Crippen molar-refractivity contribution in [3.63, 3.8) is 0 Å². The van der Waals surface area contributed by atoms with Gasteiger partial charge in [0.2, 0.25) is 0 Å². The minimum atomic E-state index is -3.97. The van der Waals surface area contributed by atoms with Gasteiger partial charge in [-0.15, -0.1) is 0 Å². The van der Waals surface area contributed by atoms with Crippen LogP contribution in [0, 0.1) is 0 Å². The van der Waals surface area contributed by atoms with Gasteiger partial charge in [-0.3, -0.25) is 14.8 Å². The van der Waals surface area contributed by atoms with Crippen LogP contribution in [0.3, 0.4) is 0 Å². The molecule has 3 nitrogen and oxygen atoms in total. The van der Waals surface area contributed by atoms with E-state index >= 15 is 0 Å². The largest absolute Gasteiger partial charge is 0.296 e. The molecule has 0 spiro atoms. The third kappa shape index (κ3) is 5.20. The van der Waals surface area contributed by atoms with Gasteiger partial charge in [0.25, 0.3) is 5.92 Å². The molecule has 1 aromatic heterocycles. The van der Waals surface area contributed by atoms with E-state index in [9.17, 15) is 8.78 Å². The Bertz CT molecular complexity index is 915.